The van der Waals surface area contributed by atoms with Crippen LogP contribution in [0.5, 0.6) is 5.75 Å². The van der Waals surface area contributed by atoms with E-state index >= 15 is 0 Å². The minimum Gasteiger partial charge on any atom is -0.496 e. The number of methoxy groups -OCH3 is 1. The molecule has 2 nitrogen and oxygen atoms in total. The molecule has 0 bridgehead atoms. The smallest absolute Gasteiger partial charge is 0.126 e. The molecule has 1 aromatic heterocycles. The summed E-state index contributed by atoms with van der Waals surface area (Å²) in [7, 11) is 1.70. The number of aromatic nitrogens is 1. The van der Waals surface area contributed by atoms with Crippen LogP contribution in [-0.4, -0.2) is 11.5 Å². The first-order chi connectivity index (χ1) is 8.40. The van der Waals surface area contributed by atoms with Crippen LogP contribution in [0.1, 0.15) is 0 Å². The van der Waals surface area contributed by atoms with Crippen molar-refractivity contribution in [2.45, 2.75) is 0 Å². The van der Waals surface area contributed by atoms with Crippen LogP contribution in [0.25, 0.3) is 22.0 Å². The molecule has 84 valence electrons. The van der Waals surface area contributed by atoms with Crippen molar-refractivity contribution < 1.29 is 4.74 Å². The SMILES string of the molecule is COc1cccc2c(-c3ccsn3)cccc12. The van der Waals surface area contributed by atoms with Gasteiger partial charge in [-0.1, -0.05) is 30.3 Å². The lowest BCUT2D eigenvalue weighted by atomic mass is 10.0. The van der Waals surface area contributed by atoms with Gasteiger partial charge in [0, 0.05) is 16.3 Å². The van der Waals surface area contributed by atoms with Gasteiger partial charge in [0.1, 0.15) is 5.75 Å². The van der Waals surface area contributed by atoms with Crippen molar-refractivity contribution in [2.24, 2.45) is 0 Å². The van der Waals surface area contributed by atoms with Crippen LogP contribution in [0.4, 0.5) is 0 Å². The molecule has 3 aromatic rings. The predicted octanol–water partition coefficient (Wildman–Crippen LogP) is 3.97. The third kappa shape index (κ3) is 1.68. The summed E-state index contributed by atoms with van der Waals surface area (Å²) in [5, 5.41) is 4.30. The van der Waals surface area contributed by atoms with Crippen LogP contribution in [0.2, 0.25) is 0 Å². The van der Waals surface area contributed by atoms with Crippen LogP contribution in [-0.2, 0) is 0 Å². The van der Waals surface area contributed by atoms with Gasteiger partial charge in [0.15, 0.2) is 0 Å². The highest BCUT2D eigenvalue weighted by Gasteiger charge is 2.07. The summed E-state index contributed by atoms with van der Waals surface area (Å²) in [6.45, 7) is 0. The molecule has 0 aliphatic carbocycles. The fourth-order valence-corrected chi connectivity index (χ4v) is 2.56. The average molecular weight is 241 g/mol. The minimum atomic E-state index is 0.902. The van der Waals surface area contributed by atoms with Gasteiger partial charge in [-0.3, -0.25) is 0 Å². The maximum Gasteiger partial charge on any atom is 0.126 e. The van der Waals surface area contributed by atoms with Gasteiger partial charge in [-0.05, 0) is 29.1 Å². The molecule has 3 rings (SSSR count). The van der Waals surface area contributed by atoms with Crippen molar-refractivity contribution in [1.29, 1.82) is 0 Å². The number of ether oxygens (including phenoxy) is 1. The van der Waals surface area contributed by atoms with Crippen molar-refractivity contribution >= 4 is 22.3 Å². The minimum absolute atomic E-state index is 0.902. The van der Waals surface area contributed by atoms with Crippen LogP contribution >= 0.6 is 11.5 Å². The Kier molecular flexibility index (Phi) is 2.53. The van der Waals surface area contributed by atoms with Gasteiger partial charge in [0.05, 0.1) is 12.8 Å². The van der Waals surface area contributed by atoms with Crippen LogP contribution in [0, 0.1) is 0 Å². The molecule has 0 aliphatic rings. The van der Waals surface area contributed by atoms with Crippen LogP contribution in [0.15, 0.2) is 47.8 Å². The van der Waals surface area contributed by atoms with Gasteiger partial charge in [-0.15, -0.1) is 0 Å². The molecule has 0 amide bonds. The molecule has 1 heterocycles. The molecule has 0 spiro atoms. The van der Waals surface area contributed by atoms with E-state index in [9.17, 15) is 0 Å². The van der Waals surface area contributed by atoms with Gasteiger partial charge in [-0.25, -0.2) is 0 Å². The van der Waals surface area contributed by atoms with E-state index in [1.54, 1.807) is 7.11 Å². The molecule has 0 saturated heterocycles. The Morgan fingerprint density at radius 1 is 1.00 bits per heavy atom. The Hall–Kier alpha value is -1.87. The second kappa shape index (κ2) is 4.18. The predicted molar refractivity (Wildman–Crippen MR) is 71.6 cm³/mol. The first kappa shape index (κ1) is 10.3. The van der Waals surface area contributed by atoms with Crippen molar-refractivity contribution in [2.75, 3.05) is 7.11 Å². The highest BCUT2D eigenvalue weighted by atomic mass is 32.1. The van der Waals surface area contributed by atoms with Crippen LogP contribution < -0.4 is 4.74 Å². The Morgan fingerprint density at radius 2 is 1.82 bits per heavy atom. The lowest BCUT2D eigenvalue weighted by Gasteiger charge is -2.08. The number of hydrogen-bond donors (Lipinski definition) is 0. The molecule has 0 fully saturated rings. The van der Waals surface area contributed by atoms with E-state index in [0.29, 0.717) is 0 Å². The highest BCUT2D eigenvalue weighted by molar-refractivity contribution is 7.03. The zero-order valence-electron chi connectivity index (χ0n) is 9.38. The van der Waals surface area contributed by atoms with E-state index in [2.05, 4.69) is 22.6 Å². The topological polar surface area (TPSA) is 22.1 Å². The summed E-state index contributed by atoms with van der Waals surface area (Å²) in [5.41, 5.74) is 2.18. The molecule has 3 heteroatoms. The van der Waals surface area contributed by atoms with E-state index in [1.165, 1.54) is 16.9 Å². The summed E-state index contributed by atoms with van der Waals surface area (Å²) in [5.74, 6) is 0.902. The number of hydrogen-bond acceptors (Lipinski definition) is 3. The van der Waals surface area contributed by atoms with E-state index in [1.807, 2.05) is 29.6 Å². The average Bonchev–Trinajstić information content (AvgIpc) is 2.91. The van der Waals surface area contributed by atoms with Crippen molar-refractivity contribution in [3.63, 3.8) is 0 Å². The molecule has 0 radical (unpaired) electrons. The Bertz CT molecular complexity index is 646. The van der Waals surface area contributed by atoms with E-state index < -0.39 is 0 Å². The second-order valence-corrected chi connectivity index (χ2v) is 4.41. The highest BCUT2D eigenvalue weighted by Crippen LogP contribution is 2.32. The number of rotatable bonds is 2. The largest absolute Gasteiger partial charge is 0.496 e. The Balaban J connectivity index is 2.34. The molecule has 17 heavy (non-hydrogen) atoms. The summed E-state index contributed by atoms with van der Waals surface area (Å²) < 4.78 is 9.77. The molecule has 0 atom stereocenters. The van der Waals surface area contributed by atoms with Gasteiger partial charge in [0.25, 0.3) is 0 Å². The van der Waals surface area contributed by atoms with Crippen molar-refractivity contribution in [1.82, 2.24) is 4.37 Å². The monoisotopic (exact) mass is 241 g/mol. The van der Waals surface area contributed by atoms with E-state index in [0.717, 1.165) is 22.4 Å². The molecular weight excluding hydrogens is 230 g/mol. The molecule has 2 aromatic carbocycles. The fourth-order valence-electron chi connectivity index (χ4n) is 2.03. The Morgan fingerprint density at radius 3 is 2.59 bits per heavy atom. The first-order valence-electron chi connectivity index (χ1n) is 5.36. The number of fused-ring (bicyclic) bond motifs is 1. The zero-order chi connectivity index (χ0) is 11.7. The maximum atomic E-state index is 5.38. The summed E-state index contributed by atoms with van der Waals surface area (Å²) in [4.78, 5) is 0. The zero-order valence-corrected chi connectivity index (χ0v) is 10.2. The first-order valence-corrected chi connectivity index (χ1v) is 6.20. The lowest BCUT2D eigenvalue weighted by molar-refractivity contribution is 0.420. The second-order valence-electron chi connectivity index (χ2n) is 3.75. The quantitative estimate of drug-likeness (QED) is 0.677. The third-order valence-electron chi connectivity index (χ3n) is 2.82. The number of benzene rings is 2. The standard InChI is InChI=1S/C14H11NOS/c1-16-14-7-3-4-10-11(5-2-6-12(10)14)13-8-9-17-15-13/h2-9H,1H3. The number of nitrogens with zero attached hydrogens (tertiary/aromatic N) is 1. The summed E-state index contributed by atoms with van der Waals surface area (Å²) >= 11 is 1.47. The molecule has 0 saturated carbocycles. The maximum absolute atomic E-state index is 5.38. The van der Waals surface area contributed by atoms with Crippen molar-refractivity contribution in [3.05, 3.63) is 47.8 Å². The van der Waals surface area contributed by atoms with Gasteiger partial charge in [0.2, 0.25) is 0 Å². The van der Waals surface area contributed by atoms with Gasteiger partial charge >= 0.3 is 0 Å². The molecule has 0 unspecified atom stereocenters. The van der Waals surface area contributed by atoms with E-state index in [-0.39, 0.29) is 0 Å². The third-order valence-corrected chi connectivity index (χ3v) is 3.38. The van der Waals surface area contributed by atoms with Crippen LogP contribution in [0.3, 0.4) is 0 Å². The van der Waals surface area contributed by atoms with Gasteiger partial charge in [-0.2, -0.15) is 4.37 Å². The summed E-state index contributed by atoms with van der Waals surface area (Å²) in [6.07, 6.45) is 0. The van der Waals surface area contributed by atoms with Crippen molar-refractivity contribution in [3.8, 4) is 17.0 Å². The Labute approximate surface area is 104 Å². The molecular formula is C14H11NOS. The summed E-state index contributed by atoms with van der Waals surface area (Å²) in [6, 6.07) is 14.3. The molecule has 0 aliphatic heterocycles. The molecule has 0 N–H and O–H groups in total. The van der Waals surface area contributed by atoms with E-state index in [4.69, 9.17) is 4.74 Å². The fraction of sp³-hybridized carbons (Fsp3) is 0.0714. The normalized spacial score (nSPS) is 10.6. The van der Waals surface area contributed by atoms with Gasteiger partial charge < -0.3 is 4.74 Å². The lowest BCUT2D eigenvalue weighted by Crippen LogP contribution is -1.86.